The number of fused-ring (bicyclic) bond motifs is 4. The largest absolute Gasteiger partial charge is 0.362 e. The van der Waals surface area contributed by atoms with E-state index < -0.39 is 0 Å². The minimum Gasteiger partial charge on any atom is -0.362 e. The number of rotatable bonds is 4. The maximum atomic E-state index is 6.88. The van der Waals surface area contributed by atoms with Crippen LogP contribution < -0.4 is 21.1 Å². The summed E-state index contributed by atoms with van der Waals surface area (Å²) in [4.78, 5) is 2.94. The second-order valence-corrected chi connectivity index (χ2v) is 15.4. The Labute approximate surface area is 241 Å². The van der Waals surface area contributed by atoms with Crippen LogP contribution in [-0.4, -0.2) is 53.9 Å². The molecule has 6 nitrogen and oxygen atoms in total. The number of benzene rings is 1. The first-order valence-electron chi connectivity index (χ1n) is 15.9. The minimum atomic E-state index is 0.0300. The molecular formula is C32H53N5OS. The van der Waals surface area contributed by atoms with Gasteiger partial charge in [-0.25, -0.2) is 4.72 Å². The Balaban J connectivity index is 1.24. The second-order valence-electron chi connectivity index (χ2n) is 14.3. The van der Waals surface area contributed by atoms with Crippen LogP contribution in [0.2, 0.25) is 0 Å². The topological polar surface area (TPSA) is 74.6 Å². The van der Waals surface area contributed by atoms with Crippen LogP contribution in [-0.2, 0) is 4.74 Å². The van der Waals surface area contributed by atoms with Crippen molar-refractivity contribution in [2.75, 3.05) is 13.2 Å². The molecule has 2 aliphatic heterocycles. The summed E-state index contributed by atoms with van der Waals surface area (Å²) < 4.78 is 10.7. The summed E-state index contributed by atoms with van der Waals surface area (Å²) in [5.74, 6) is 1.45. The molecule has 6 atom stereocenters. The van der Waals surface area contributed by atoms with Crippen LogP contribution >= 0.6 is 11.9 Å². The fourth-order valence-corrected chi connectivity index (χ4v) is 9.87. The van der Waals surface area contributed by atoms with Crippen molar-refractivity contribution in [1.82, 2.24) is 20.3 Å². The van der Waals surface area contributed by atoms with E-state index in [0.717, 1.165) is 18.9 Å². The summed E-state index contributed by atoms with van der Waals surface area (Å²) in [5.41, 5.74) is 11.0. The Hall–Kier alpha value is -0.670. The van der Waals surface area contributed by atoms with E-state index in [2.05, 4.69) is 66.1 Å². The number of aryl methyl sites for hydroxylation is 2. The third-order valence-electron chi connectivity index (χ3n) is 10.5. The number of hydrogen-bond acceptors (Lipinski definition) is 7. The zero-order chi connectivity index (χ0) is 27.1. The van der Waals surface area contributed by atoms with Gasteiger partial charge in [0.05, 0.1) is 6.61 Å². The van der Waals surface area contributed by atoms with E-state index >= 15 is 0 Å². The van der Waals surface area contributed by atoms with Gasteiger partial charge in [0.15, 0.2) is 0 Å². The molecule has 5 aliphatic rings. The van der Waals surface area contributed by atoms with E-state index in [9.17, 15) is 0 Å². The van der Waals surface area contributed by atoms with Crippen molar-refractivity contribution in [3.8, 4) is 0 Å². The van der Waals surface area contributed by atoms with Gasteiger partial charge in [-0.2, -0.15) is 0 Å². The monoisotopic (exact) mass is 555 g/mol. The quantitative estimate of drug-likeness (QED) is 0.373. The number of hydrogen-bond donors (Lipinski definition) is 4. The number of nitrogens with zero attached hydrogens (tertiary/aromatic N) is 1. The van der Waals surface area contributed by atoms with Gasteiger partial charge in [0, 0.05) is 42.4 Å². The highest BCUT2D eigenvalue weighted by Gasteiger charge is 2.54. The highest BCUT2D eigenvalue weighted by atomic mass is 32.2. The van der Waals surface area contributed by atoms with Gasteiger partial charge in [0.1, 0.15) is 12.5 Å². The summed E-state index contributed by atoms with van der Waals surface area (Å²) >= 11 is 1.96. The SMILES string of the molecule is Cc1cccc(C)c1C1CC2NC(NSC3CCCC(C3)CN(C3CC4(CC(N)C4)C3)[C@H](CC(C)C)CO2)N1. The van der Waals surface area contributed by atoms with Crippen molar-refractivity contribution in [2.45, 2.75) is 134 Å². The predicted molar refractivity (Wildman–Crippen MR) is 162 cm³/mol. The molecule has 1 aromatic rings. The van der Waals surface area contributed by atoms with Crippen LogP contribution in [0.3, 0.4) is 0 Å². The van der Waals surface area contributed by atoms with E-state index in [0.29, 0.717) is 34.7 Å². The molecule has 0 aromatic heterocycles. The molecule has 4 bridgehead atoms. The fourth-order valence-electron chi connectivity index (χ4n) is 8.75. The van der Waals surface area contributed by atoms with Crippen LogP contribution in [0.25, 0.3) is 0 Å². The summed E-state index contributed by atoms with van der Waals surface area (Å²) in [7, 11) is 0. The third kappa shape index (κ3) is 6.40. The molecule has 1 spiro atoms. The van der Waals surface area contributed by atoms with Crippen LogP contribution in [0.5, 0.6) is 0 Å². The maximum Gasteiger partial charge on any atom is 0.123 e. The molecule has 2 saturated heterocycles. The van der Waals surface area contributed by atoms with Gasteiger partial charge in [0.25, 0.3) is 0 Å². The van der Waals surface area contributed by atoms with E-state index in [-0.39, 0.29) is 18.6 Å². The molecule has 2 heterocycles. The standard InChI is InChI=1S/C32H53N5OS/c1-20(2)11-25-19-38-29-13-28(30-21(3)7-5-8-22(30)4)34-31(35-29)36-39-27-10-6-9-23(12-27)18-37(25)26-16-32(17-26)14-24(33)15-32/h5,7-8,20,23-29,31,34-36H,6,9-19,33H2,1-4H3/t23?,24?,25-,26?,27?,28?,29?,31?,32?/m1/s1. The molecule has 218 valence electrons. The van der Waals surface area contributed by atoms with E-state index in [4.69, 9.17) is 10.5 Å². The molecule has 5 N–H and O–H groups in total. The molecule has 6 rings (SSSR count). The van der Waals surface area contributed by atoms with Gasteiger partial charge in [-0.1, -0.05) is 50.4 Å². The lowest BCUT2D eigenvalue weighted by Gasteiger charge is -2.61. The molecule has 5 fully saturated rings. The number of ether oxygens (including phenoxy) is 1. The molecule has 3 saturated carbocycles. The normalized spacial score (nSPS) is 41.7. The highest BCUT2D eigenvalue weighted by Crippen LogP contribution is 2.57. The fraction of sp³-hybridized carbons (Fsp3) is 0.812. The Morgan fingerprint density at radius 3 is 2.56 bits per heavy atom. The van der Waals surface area contributed by atoms with Crippen LogP contribution in [0, 0.1) is 31.1 Å². The van der Waals surface area contributed by atoms with Crippen molar-refractivity contribution in [1.29, 1.82) is 0 Å². The highest BCUT2D eigenvalue weighted by molar-refractivity contribution is 7.98. The Morgan fingerprint density at radius 1 is 1.08 bits per heavy atom. The molecular weight excluding hydrogens is 502 g/mol. The summed E-state index contributed by atoms with van der Waals surface area (Å²) in [6.45, 7) is 11.3. The van der Waals surface area contributed by atoms with Gasteiger partial charge in [-0.3, -0.25) is 15.5 Å². The molecule has 0 amide bonds. The lowest BCUT2D eigenvalue weighted by molar-refractivity contribution is -0.107. The van der Waals surface area contributed by atoms with E-state index in [1.807, 2.05) is 11.9 Å². The summed E-state index contributed by atoms with van der Waals surface area (Å²) in [5, 5.41) is 8.36. The maximum absolute atomic E-state index is 6.88. The first-order valence-corrected chi connectivity index (χ1v) is 16.8. The molecule has 7 heteroatoms. The van der Waals surface area contributed by atoms with Gasteiger partial charge >= 0.3 is 0 Å². The molecule has 1 aromatic carbocycles. The van der Waals surface area contributed by atoms with Crippen LogP contribution in [0.15, 0.2) is 18.2 Å². The number of nitrogens with two attached hydrogens (primary N) is 1. The molecule has 5 unspecified atom stereocenters. The van der Waals surface area contributed by atoms with E-state index in [1.54, 1.807) is 0 Å². The Morgan fingerprint density at radius 2 is 1.85 bits per heavy atom. The third-order valence-corrected chi connectivity index (χ3v) is 11.6. The van der Waals surface area contributed by atoms with Gasteiger partial charge in [0.2, 0.25) is 0 Å². The van der Waals surface area contributed by atoms with Gasteiger partial charge in [-0.05, 0) is 99.2 Å². The molecule has 0 radical (unpaired) electrons. The smallest absolute Gasteiger partial charge is 0.123 e. The van der Waals surface area contributed by atoms with Crippen molar-refractivity contribution in [2.24, 2.45) is 23.0 Å². The van der Waals surface area contributed by atoms with Crippen LogP contribution in [0.1, 0.15) is 101 Å². The zero-order valence-corrected chi connectivity index (χ0v) is 25.6. The van der Waals surface area contributed by atoms with Gasteiger partial charge < -0.3 is 10.5 Å². The number of nitrogens with one attached hydrogen (secondary N) is 3. The Bertz CT molecular complexity index is 955. The van der Waals surface area contributed by atoms with Crippen LogP contribution in [0.4, 0.5) is 0 Å². The average molecular weight is 556 g/mol. The molecule has 39 heavy (non-hydrogen) atoms. The summed E-state index contributed by atoms with van der Waals surface area (Å²) in [6.07, 6.45) is 12.8. The van der Waals surface area contributed by atoms with E-state index in [1.165, 1.54) is 81.0 Å². The zero-order valence-electron chi connectivity index (χ0n) is 24.8. The molecule has 3 aliphatic carbocycles. The average Bonchev–Trinajstić information content (AvgIpc) is 2.85. The van der Waals surface area contributed by atoms with Crippen molar-refractivity contribution >= 4 is 11.9 Å². The lowest BCUT2D eigenvalue weighted by atomic mass is 9.52. The van der Waals surface area contributed by atoms with Crippen molar-refractivity contribution in [3.05, 3.63) is 34.9 Å². The predicted octanol–water partition coefficient (Wildman–Crippen LogP) is 5.35. The first kappa shape index (κ1) is 28.4. The first-order chi connectivity index (χ1) is 18.8. The van der Waals surface area contributed by atoms with Crippen molar-refractivity contribution in [3.63, 3.8) is 0 Å². The minimum absolute atomic E-state index is 0.0300. The Kier molecular flexibility index (Phi) is 8.69. The lowest BCUT2D eigenvalue weighted by Crippen LogP contribution is -2.63. The van der Waals surface area contributed by atoms with Gasteiger partial charge in [-0.15, -0.1) is 0 Å². The van der Waals surface area contributed by atoms with Crippen molar-refractivity contribution < 1.29 is 4.74 Å². The summed E-state index contributed by atoms with van der Waals surface area (Å²) in [6, 6.07) is 8.59. The second kappa shape index (κ2) is 11.9.